The third-order valence-corrected chi connectivity index (χ3v) is 5.24. The summed E-state index contributed by atoms with van der Waals surface area (Å²) >= 11 is 0. The second-order valence-corrected chi connectivity index (χ2v) is 6.85. The van der Waals surface area contributed by atoms with E-state index in [0.29, 0.717) is 23.3 Å². The number of fused-ring (bicyclic) bond motifs is 1. The van der Waals surface area contributed by atoms with Crippen molar-refractivity contribution in [1.29, 1.82) is 0 Å². The van der Waals surface area contributed by atoms with Gasteiger partial charge in [-0.1, -0.05) is 12.1 Å². The fraction of sp³-hybridized carbons (Fsp3) is 0.444. The molecule has 0 bridgehead atoms. The van der Waals surface area contributed by atoms with Crippen molar-refractivity contribution in [3.63, 3.8) is 0 Å². The molecular formula is C18H21N5O3. The van der Waals surface area contributed by atoms with Gasteiger partial charge in [0, 0.05) is 33.2 Å². The van der Waals surface area contributed by atoms with Crippen LogP contribution >= 0.6 is 0 Å². The number of nitrogens with zero attached hydrogens (tertiary/aromatic N) is 4. The molecule has 3 heterocycles. The Hall–Kier alpha value is -2.58. The van der Waals surface area contributed by atoms with Crippen molar-refractivity contribution in [3.05, 3.63) is 40.4 Å². The molecule has 4 rings (SSSR count). The van der Waals surface area contributed by atoms with Gasteiger partial charge >= 0.3 is 0 Å². The molecule has 2 aliphatic heterocycles. The van der Waals surface area contributed by atoms with Crippen LogP contribution in [0.3, 0.4) is 0 Å². The number of imide groups is 1. The fourth-order valence-electron chi connectivity index (χ4n) is 3.68. The minimum Gasteiger partial charge on any atom is -0.309 e. The normalized spacial score (nSPS) is 22.5. The molecule has 8 nitrogen and oxygen atoms in total. The number of hydrogen-bond acceptors (Lipinski definition) is 6. The summed E-state index contributed by atoms with van der Waals surface area (Å²) < 4.78 is 0. The molecule has 1 aromatic heterocycles. The molecule has 8 heteroatoms. The van der Waals surface area contributed by atoms with Gasteiger partial charge in [0.1, 0.15) is 5.82 Å². The van der Waals surface area contributed by atoms with Gasteiger partial charge in [-0.25, -0.2) is 4.98 Å². The Morgan fingerprint density at radius 3 is 2.54 bits per heavy atom. The van der Waals surface area contributed by atoms with Crippen LogP contribution in [-0.4, -0.2) is 75.8 Å². The fourth-order valence-corrected chi connectivity index (χ4v) is 3.68. The number of carbonyl (C=O) groups is 2. The van der Waals surface area contributed by atoms with E-state index in [1.165, 1.54) is 4.90 Å². The third kappa shape index (κ3) is 3.02. The van der Waals surface area contributed by atoms with Crippen molar-refractivity contribution in [3.8, 4) is 0 Å². The van der Waals surface area contributed by atoms with E-state index in [0.717, 1.165) is 26.2 Å². The van der Waals surface area contributed by atoms with Crippen LogP contribution in [-0.2, 0) is 16.1 Å². The highest BCUT2D eigenvalue weighted by molar-refractivity contribution is 6.05. The van der Waals surface area contributed by atoms with Crippen LogP contribution in [0, 0.1) is 0 Å². The van der Waals surface area contributed by atoms with Crippen molar-refractivity contribution in [2.24, 2.45) is 0 Å². The van der Waals surface area contributed by atoms with Gasteiger partial charge in [0.15, 0.2) is 0 Å². The first-order chi connectivity index (χ1) is 12.5. The quantitative estimate of drug-likeness (QED) is 0.767. The van der Waals surface area contributed by atoms with Crippen LogP contribution in [0.25, 0.3) is 10.9 Å². The minimum absolute atomic E-state index is 0.107. The van der Waals surface area contributed by atoms with Crippen molar-refractivity contribution >= 4 is 22.7 Å². The molecule has 136 valence electrons. The Kier molecular flexibility index (Phi) is 4.29. The van der Waals surface area contributed by atoms with Gasteiger partial charge in [-0.3, -0.25) is 29.1 Å². The van der Waals surface area contributed by atoms with Crippen molar-refractivity contribution < 1.29 is 9.59 Å². The number of aromatic nitrogens is 2. The minimum atomic E-state index is -0.326. The number of amides is 2. The van der Waals surface area contributed by atoms with Crippen LogP contribution in [0.2, 0.25) is 0 Å². The summed E-state index contributed by atoms with van der Waals surface area (Å²) in [5.41, 5.74) is 0.574. The Bertz CT molecular complexity index is 916. The lowest BCUT2D eigenvalue weighted by molar-refractivity contribution is -0.138. The van der Waals surface area contributed by atoms with E-state index >= 15 is 0 Å². The Balaban J connectivity index is 1.41. The van der Waals surface area contributed by atoms with E-state index in [1.54, 1.807) is 13.1 Å². The summed E-state index contributed by atoms with van der Waals surface area (Å²) in [6, 6.07) is 6.97. The maximum Gasteiger partial charge on any atom is 0.258 e. The van der Waals surface area contributed by atoms with Crippen LogP contribution < -0.4 is 5.56 Å². The molecule has 0 saturated carbocycles. The highest BCUT2D eigenvalue weighted by Crippen LogP contribution is 2.19. The molecular weight excluding hydrogens is 334 g/mol. The number of hydrogen-bond donors (Lipinski definition) is 1. The topological polar surface area (TPSA) is 89.6 Å². The number of H-pyrrole nitrogens is 1. The SMILES string of the molecule is CN1C(=O)C[C@@H](N2CCN(Cc3nc4ccccc4c(=O)[nH]3)CC2)C1=O. The van der Waals surface area contributed by atoms with E-state index < -0.39 is 0 Å². The lowest BCUT2D eigenvalue weighted by Gasteiger charge is -2.36. The van der Waals surface area contributed by atoms with Crippen molar-refractivity contribution in [2.75, 3.05) is 33.2 Å². The molecule has 2 fully saturated rings. The molecule has 0 spiro atoms. The summed E-state index contributed by atoms with van der Waals surface area (Å²) in [7, 11) is 1.54. The lowest BCUT2D eigenvalue weighted by atomic mass is 10.1. The molecule has 2 saturated heterocycles. The standard InChI is InChI=1S/C18H21N5O3/c1-21-16(24)10-14(18(21)26)23-8-6-22(7-9-23)11-15-19-13-5-3-2-4-12(13)17(25)20-15/h2-5,14H,6-11H2,1H3,(H,19,20,25)/t14-/m1/s1. The average Bonchev–Trinajstić information content (AvgIpc) is 2.90. The molecule has 1 aromatic carbocycles. The number of likely N-dealkylation sites (N-methyl/N-ethyl adjacent to an activating group) is 1. The largest absolute Gasteiger partial charge is 0.309 e. The average molecular weight is 355 g/mol. The van der Waals surface area contributed by atoms with Gasteiger partial charge in [0.05, 0.1) is 29.9 Å². The second kappa shape index (κ2) is 6.62. The molecule has 2 aromatic rings. The monoisotopic (exact) mass is 355 g/mol. The Morgan fingerprint density at radius 2 is 1.85 bits per heavy atom. The maximum atomic E-state index is 12.2. The number of rotatable bonds is 3. The summed E-state index contributed by atoms with van der Waals surface area (Å²) in [6.07, 6.45) is 0.273. The summed E-state index contributed by atoms with van der Waals surface area (Å²) in [5, 5.41) is 0.592. The number of aromatic amines is 1. The maximum absolute atomic E-state index is 12.2. The smallest absolute Gasteiger partial charge is 0.258 e. The first-order valence-corrected chi connectivity index (χ1v) is 8.77. The van der Waals surface area contributed by atoms with E-state index in [2.05, 4.69) is 19.8 Å². The highest BCUT2D eigenvalue weighted by atomic mass is 16.2. The predicted molar refractivity (Wildman–Crippen MR) is 95.4 cm³/mol. The van der Waals surface area contributed by atoms with Crippen LogP contribution in [0.1, 0.15) is 12.2 Å². The van der Waals surface area contributed by atoms with Gasteiger partial charge in [-0.05, 0) is 12.1 Å². The van der Waals surface area contributed by atoms with Gasteiger partial charge < -0.3 is 4.98 Å². The van der Waals surface area contributed by atoms with E-state index in [4.69, 9.17) is 0 Å². The van der Waals surface area contributed by atoms with Gasteiger partial charge in [-0.15, -0.1) is 0 Å². The molecule has 26 heavy (non-hydrogen) atoms. The number of benzene rings is 1. The molecule has 0 radical (unpaired) electrons. The van der Waals surface area contributed by atoms with Gasteiger partial charge in [0.25, 0.3) is 5.56 Å². The van der Waals surface area contributed by atoms with Gasteiger partial charge in [0.2, 0.25) is 11.8 Å². The summed E-state index contributed by atoms with van der Waals surface area (Å²) in [5.74, 6) is 0.429. The Morgan fingerprint density at radius 1 is 1.12 bits per heavy atom. The number of piperazine rings is 1. The van der Waals surface area contributed by atoms with Crippen LogP contribution in [0.5, 0.6) is 0 Å². The number of nitrogens with one attached hydrogen (secondary N) is 1. The molecule has 1 atom stereocenters. The lowest BCUT2D eigenvalue weighted by Crippen LogP contribution is -2.52. The van der Waals surface area contributed by atoms with Crippen molar-refractivity contribution in [2.45, 2.75) is 19.0 Å². The molecule has 0 unspecified atom stereocenters. The first kappa shape index (κ1) is 16.9. The molecule has 2 amide bonds. The zero-order valence-corrected chi connectivity index (χ0v) is 14.6. The van der Waals surface area contributed by atoms with E-state index in [1.807, 2.05) is 18.2 Å². The van der Waals surface area contributed by atoms with Crippen molar-refractivity contribution in [1.82, 2.24) is 24.7 Å². The summed E-state index contributed by atoms with van der Waals surface area (Å²) in [6.45, 7) is 3.52. The molecule has 0 aliphatic carbocycles. The zero-order chi connectivity index (χ0) is 18.3. The van der Waals surface area contributed by atoms with Gasteiger partial charge in [-0.2, -0.15) is 0 Å². The predicted octanol–water partition coefficient (Wildman–Crippen LogP) is -0.202. The second-order valence-electron chi connectivity index (χ2n) is 6.85. The van der Waals surface area contributed by atoms with E-state index in [-0.39, 0.29) is 29.8 Å². The number of para-hydroxylation sites is 1. The zero-order valence-electron chi connectivity index (χ0n) is 14.6. The molecule has 2 aliphatic rings. The number of carbonyl (C=O) groups excluding carboxylic acids is 2. The third-order valence-electron chi connectivity index (χ3n) is 5.24. The van der Waals surface area contributed by atoms with Crippen LogP contribution in [0.15, 0.2) is 29.1 Å². The first-order valence-electron chi connectivity index (χ1n) is 8.77. The molecule has 1 N–H and O–H groups in total. The van der Waals surface area contributed by atoms with Crippen LogP contribution in [0.4, 0.5) is 0 Å². The van der Waals surface area contributed by atoms with E-state index in [9.17, 15) is 14.4 Å². The highest BCUT2D eigenvalue weighted by Gasteiger charge is 2.40. The Labute approximate surface area is 150 Å². The number of likely N-dealkylation sites (tertiary alicyclic amines) is 1. The summed E-state index contributed by atoms with van der Waals surface area (Å²) in [4.78, 5) is 48.9.